The monoisotopic (exact) mass is 286 g/mol. The number of hydrogen-bond acceptors (Lipinski definition) is 3. The molecule has 1 N–H and O–H groups in total. The quantitative estimate of drug-likeness (QED) is 0.869. The second-order valence-corrected chi connectivity index (χ2v) is 4.85. The minimum absolute atomic E-state index is 0.189. The van der Waals surface area contributed by atoms with E-state index in [-0.39, 0.29) is 17.3 Å². The standard InChI is InChI=1S/C13H13F3N2O2/c1-7(2)18(6-13(14,15)16)8-3-4-9-10(5-8)17-12(20)11(9)19/h3-5,7H,6H2,1-2H3,(H,17,19,20). The van der Waals surface area contributed by atoms with E-state index in [2.05, 4.69) is 5.32 Å². The van der Waals surface area contributed by atoms with E-state index in [0.717, 1.165) is 4.90 Å². The summed E-state index contributed by atoms with van der Waals surface area (Å²) in [6.07, 6.45) is -4.33. The van der Waals surface area contributed by atoms with Crippen LogP contribution in [0.5, 0.6) is 0 Å². The maximum absolute atomic E-state index is 12.6. The molecule has 0 unspecified atom stereocenters. The van der Waals surface area contributed by atoms with E-state index in [1.54, 1.807) is 13.8 Å². The zero-order valence-corrected chi connectivity index (χ0v) is 10.9. The Hall–Kier alpha value is -2.05. The fourth-order valence-corrected chi connectivity index (χ4v) is 2.08. The first-order valence-electron chi connectivity index (χ1n) is 6.02. The Labute approximate surface area is 113 Å². The molecule has 1 amide bonds. The second kappa shape index (κ2) is 4.81. The van der Waals surface area contributed by atoms with Crippen molar-refractivity contribution in [3.05, 3.63) is 23.8 Å². The zero-order valence-electron chi connectivity index (χ0n) is 10.9. The van der Waals surface area contributed by atoms with Gasteiger partial charge < -0.3 is 10.2 Å². The molecular formula is C13H13F3N2O2. The lowest BCUT2D eigenvalue weighted by atomic mass is 10.1. The van der Waals surface area contributed by atoms with E-state index in [1.165, 1.54) is 18.2 Å². The Bertz CT molecular complexity index is 567. The predicted molar refractivity (Wildman–Crippen MR) is 67.9 cm³/mol. The van der Waals surface area contributed by atoms with Crippen molar-refractivity contribution in [3.63, 3.8) is 0 Å². The van der Waals surface area contributed by atoms with Crippen LogP contribution in [0.4, 0.5) is 24.5 Å². The van der Waals surface area contributed by atoms with Crippen LogP contribution in [0.1, 0.15) is 24.2 Å². The summed E-state index contributed by atoms with van der Waals surface area (Å²) in [7, 11) is 0. The van der Waals surface area contributed by atoms with Crippen molar-refractivity contribution in [3.8, 4) is 0 Å². The Morgan fingerprint density at radius 3 is 2.45 bits per heavy atom. The van der Waals surface area contributed by atoms with Crippen LogP contribution < -0.4 is 10.2 Å². The Kier molecular flexibility index (Phi) is 3.45. The van der Waals surface area contributed by atoms with Gasteiger partial charge in [-0.15, -0.1) is 0 Å². The van der Waals surface area contributed by atoms with Gasteiger partial charge in [0.05, 0.1) is 11.3 Å². The van der Waals surface area contributed by atoms with Gasteiger partial charge in [0.2, 0.25) is 0 Å². The number of fused-ring (bicyclic) bond motifs is 1. The smallest absolute Gasteiger partial charge is 0.360 e. The number of rotatable bonds is 3. The molecule has 0 radical (unpaired) electrons. The van der Waals surface area contributed by atoms with Gasteiger partial charge in [-0.05, 0) is 32.0 Å². The van der Waals surface area contributed by atoms with Gasteiger partial charge in [-0.1, -0.05) is 0 Å². The average Bonchev–Trinajstić information content (AvgIpc) is 2.60. The summed E-state index contributed by atoms with van der Waals surface area (Å²) in [6, 6.07) is 3.81. The molecule has 0 saturated heterocycles. The molecule has 108 valence electrons. The van der Waals surface area contributed by atoms with Crippen molar-refractivity contribution >= 4 is 23.1 Å². The Morgan fingerprint density at radius 2 is 1.90 bits per heavy atom. The molecule has 1 aliphatic heterocycles. The van der Waals surface area contributed by atoms with E-state index in [4.69, 9.17) is 0 Å². The minimum atomic E-state index is -4.33. The predicted octanol–water partition coefficient (Wildman–Crippen LogP) is 2.60. The minimum Gasteiger partial charge on any atom is -0.360 e. The zero-order chi connectivity index (χ0) is 15.1. The summed E-state index contributed by atoms with van der Waals surface area (Å²) in [5, 5.41) is 2.35. The molecule has 1 aliphatic rings. The fourth-order valence-electron chi connectivity index (χ4n) is 2.08. The molecule has 0 atom stereocenters. The van der Waals surface area contributed by atoms with Crippen molar-refractivity contribution in [2.45, 2.75) is 26.1 Å². The summed E-state index contributed by atoms with van der Waals surface area (Å²) >= 11 is 0. The normalized spacial score (nSPS) is 14.5. The van der Waals surface area contributed by atoms with Gasteiger partial charge in [0, 0.05) is 11.7 Å². The summed E-state index contributed by atoms with van der Waals surface area (Å²) < 4.78 is 37.8. The van der Waals surface area contributed by atoms with Crippen LogP contribution in [0.25, 0.3) is 0 Å². The SMILES string of the molecule is CC(C)N(CC(F)(F)F)c1ccc2c(c1)NC(=O)C2=O. The van der Waals surface area contributed by atoms with Gasteiger partial charge in [-0.2, -0.15) is 13.2 Å². The molecule has 20 heavy (non-hydrogen) atoms. The molecule has 0 saturated carbocycles. The molecule has 0 fully saturated rings. The van der Waals surface area contributed by atoms with Crippen LogP contribution >= 0.6 is 0 Å². The number of ketones is 1. The molecule has 1 aromatic carbocycles. The summed E-state index contributed by atoms with van der Waals surface area (Å²) in [5.41, 5.74) is 0.755. The molecule has 1 heterocycles. The maximum Gasteiger partial charge on any atom is 0.405 e. The highest BCUT2D eigenvalue weighted by Crippen LogP contribution is 2.31. The van der Waals surface area contributed by atoms with Gasteiger partial charge in [0.25, 0.3) is 11.7 Å². The number of amides is 1. The number of hydrogen-bond donors (Lipinski definition) is 1. The first-order valence-corrected chi connectivity index (χ1v) is 6.02. The number of anilines is 2. The maximum atomic E-state index is 12.6. The molecule has 0 spiro atoms. The third-order valence-electron chi connectivity index (χ3n) is 3.01. The van der Waals surface area contributed by atoms with Crippen molar-refractivity contribution in [1.29, 1.82) is 0 Å². The lowest BCUT2D eigenvalue weighted by molar-refractivity contribution is -0.120. The fraction of sp³-hybridized carbons (Fsp3) is 0.385. The lowest BCUT2D eigenvalue weighted by Gasteiger charge is -2.30. The summed E-state index contributed by atoms with van der Waals surface area (Å²) in [4.78, 5) is 23.8. The van der Waals surface area contributed by atoms with Crippen molar-refractivity contribution in [1.82, 2.24) is 0 Å². The van der Waals surface area contributed by atoms with E-state index in [1.807, 2.05) is 0 Å². The number of halogens is 3. The molecule has 0 aromatic heterocycles. The van der Waals surface area contributed by atoms with E-state index >= 15 is 0 Å². The van der Waals surface area contributed by atoms with Crippen LogP contribution in [0.3, 0.4) is 0 Å². The van der Waals surface area contributed by atoms with Gasteiger partial charge >= 0.3 is 6.18 Å². The first-order chi connectivity index (χ1) is 9.19. The van der Waals surface area contributed by atoms with Crippen molar-refractivity contribution < 1.29 is 22.8 Å². The number of carbonyl (C=O) groups excluding carboxylic acids is 2. The largest absolute Gasteiger partial charge is 0.405 e. The topological polar surface area (TPSA) is 49.4 Å². The average molecular weight is 286 g/mol. The molecule has 4 nitrogen and oxygen atoms in total. The van der Waals surface area contributed by atoms with E-state index < -0.39 is 24.4 Å². The Morgan fingerprint density at radius 1 is 1.25 bits per heavy atom. The third-order valence-corrected chi connectivity index (χ3v) is 3.01. The lowest BCUT2D eigenvalue weighted by Crippen LogP contribution is -2.39. The summed E-state index contributed by atoms with van der Waals surface area (Å²) in [5.74, 6) is -1.43. The number of nitrogens with one attached hydrogen (secondary N) is 1. The van der Waals surface area contributed by atoms with Gasteiger partial charge in [-0.25, -0.2) is 0 Å². The van der Waals surface area contributed by atoms with Crippen molar-refractivity contribution in [2.75, 3.05) is 16.8 Å². The summed E-state index contributed by atoms with van der Waals surface area (Å²) in [6.45, 7) is 2.19. The number of alkyl halides is 3. The Balaban J connectivity index is 2.35. The van der Waals surface area contributed by atoms with Crippen LogP contribution in [0.2, 0.25) is 0 Å². The van der Waals surface area contributed by atoms with Gasteiger partial charge in [-0.3, -0.25) is 9.59 Å². The van der Waals surface area contributed by atoms with Crippen LogP contribution in [0, 0.1) is 0 Å². The van der Waals surface area contributed by atoms with Crippen molar-refractivity contribution in [2.24, 2.45) is 0 Å². The second-order valence-electron chi connectivity index (χ2n) is 4.85. The highest BCUT2D eigenvalue weighted by Gasteiger charge is 2.33. The molecular weight excluding hydrogens is 273 g/mol. The number of Topliss-reactive ketones (excluding diaryl/α,β-unsaturated/α-hetero) is 1. The highest BCUT2D eigenvalue weighted by molar-refractivity contribution is 6.51. The molecule has 7 heteroatoms. The number of nitrogens with zero attached hydrogens (tertiary/aromatic N) is 1. The van der Waals surface area contributed by atoms with E-state index in [9.17, 15) is 22.8 Å². The molecule has 0 aliphatic carbocycles. The van der Waals surface area contributed by atoms with Crippen LogP contribution in [-0.2, 0) is 4.79 Å². The molecule has 0 bridgehead atoms. The van der Waals surface area contributed by atoms with Gasteiger partial charge in [0.1, 0.15) is 6.54 Å². The third kappa shape index (κ3) is 2.76. The van der Waals surface area contributed by atoms with Gasteiger partial charge in [0.15, 0.2) is 0 Å². The number of carbonyl (C=O) groups is 2. The van der Waals surface area contributed by atoms with Crippen LogP contribution in [0.15, 0.2) is 18.2 Å². The van der Waals surface area contributed by atoms with E-state index in [0.29, 0.717) is 5.69 Å². The number of benzene rings is 1. The molecule has 2 rings (SSSR count). The first kappa shape index (κ1) is 14.4. The highest BCUT2D eigenvalue weighted by atomic mass is 19.4. The molecule has 1 aromatic rings. The van der Waals surface area contributed by atoms with Crippen LogP contribution in [-0.4, -0.2) is 30.5 Å².